The maximum Gasteiger partial charge on any atom is 0.419 e. The minimum atomic E-state index is -3.71. The van der Waals surface area contributed by atoms with Gasteiger partial charge in [-0.1, -0.05) is 0 Å². The lowest BCUT2D eigenvalue weighted by Gasteiger charge is -2.34. The number of aromatic nitrogens is 1. The number of aryl methyl sites for hydroxylation is 1. The molecule has 0 saturated carbocycles. The van der Waals surface area contributed by atoms with Crippen LogP contribution in [-0.4, -0.2) is 68.6 Å². The average molecular weight is 383 g/mol. The lowest BCUT2D eigenvalue weighted by molar-refractivity contribution is 0.0573. The average Bonchev–Trinajstić information content (AvgIpc) is 2.89. The summed E-state index contributed by atoms with van der Waals surface area (Å²) in [5.41, 5.74) is 0.845. The van der Waals surface area contributed by atoms with Gasteiger partial charge in [-0.05, 0) is 39.1 Å². The zero-order chi connectivity index (χ0) is 18.9. The third kappa shape index (κ3) is 3.71. The van der Waals surface area contributed by atoms with Crippen LogP contribution in [0, 0.1) is 0 Å². The summed E-state index contributed by atoms with van der Waals surface area (Å²) in [5.74, 6) is -0.511. The Balaban J connectivity index is 1.98. The Bertz CT molecular complexity index is 926. The van der Waals surface area contributed by atoms with Gasteiger partial charge in [-0.2, -0.15) is 4.31 Å². The van der Waals surface area contributed by atoms with Crippen molar-refractivity contribution in [1.29, 1.82) is 0 Å². The van der Waals surface area contributed by atoms with E-state index in [2.05, 4.69) is 0 Å². The van der Waals surface area contributed by atoms with Gasteiger partial charge in [0.05, 0.1) is 10.4 Å². The highest BCUT2D eigenvalue weighted by molar-refractivity contribution is 7.89. The van der Waals surface area contributed by atoms with Gasteiger partial charge in [-0.3, -0.25) is 4.57 Å². The Morgan fingerprint density at radius 3 is 2.54 bits per heavy atom. The number of benzene rings is 1. The number of hydrogen-bond donors (Lipinski definition) is 0. The number of oxazole rings is 1. The molecule has 0 unspecified atom stereocenters. The zero-order valence-corrected chi connectivity index (χ0v) is 16.2. The summed E-state index contributed by atoms with van der Waals surface area (Å²) >= 11 is 0. The Morgan fingerprint density at radius 1 is 1.19 bits per heavy atom. The van der Waals surface area contributed by atoms with E-state index >= 15 is 0 Å². The number of hydrogen-bond acceptors (Lipinski definition) is 6. The van der Waals surface area contributed by atoms with E-state index in [0.717, 1.165) is 0 Å². The van der Waals surface area contributed by atoms with Crippen molar-refractivity contribution in [3.63, 3.8) is 0 Å². The first kappa shape index (κ1) is 19.1. The molecule has 2 heterocycles. The number of fused-ring (bicyclic) bond motifs is 1. The third-order valence-corrected chi connectivity index (χ3v) is 6.68. The molecule has 1 saturated heterocycles. The highest BCUT2D eigenvalue weighted by atomic mass is 32.2. The molecule has 2 aromatic rings. The SMILES string of the molecule is CN(C)CCN(C1CCOCC1)S(=O)(=O)c1ccc2c(c1)oc(=O)n2C. The van der Waals surface area contributed by atoms with Crippen LogP contribution in [0.25, 0.3) is 11.1 Å². The summed E-state index contributed by atoms with van der Waals surface area (Å²) in [6, 6.07) is 4.50. The molecule has 3 rings (SSSR count). The van der Waals surface area contributed by atoms with Gasteiger partial charge in [0.25, 0.3) is 0 Å². The van der Waals surface area contributed by atoms with Crippen molar-refractivity contribution in [2.75, 3.05) is 40.4 Å². The molecule has 9 heteroatoms. The van der Waals surface area contributed by atoms with Crippen molar-refractivity contribution in [1.82, 2.24) is 13.8 Å². The first-order chi connectivity index (χ1) is 12.3. The van der Waals surface area contributed by atoms with Gasteiger partial charge in [0.15, 0.2) is 5.58 Å². The molecular formula is C17H25N3O5S. The number of ether oxygens (including phenoxy) is 1. The maximum atomic E-state index is 13.3. The molecule has 0 bridgehead atoms. The van der Waals surface area contributed by atoms with Crippen LogP contribution in [0.3, 0.4) is 0 Å². The summed E-state index contributed by atoms with van der Waals surface area (Å²) in [6.45, 7) is 2.15. The van der Waals surface area contributed by atoms with Gasteiger partial charge in [0, 0.05) is 45.5 Å². The fourth-order valence-electron chi connectivity index (χ4n) is 3.18. The molecule has 0 amide bonds. The Hall–Kier alpha value is -1.68. The normalized spacial score (nSPS) is 16.8. The van der Waals surface area contributed by atoms with E-state index in [9.17, 15) is 13.2 Å². The standard InChI is InChI=1S/C17H25N3O5S/c1-18(2)8-9-20(13-6-10-24-11-7-13)26(22,23)14-4-5-15-16(12-14)25-17(21)19(15)3/h4-5,12-13H,6-11H2,1-3H3. The molecule has 1 aliphatic heterocycles. The van der Waals surface area contributed by atoms with Crippen LogP contribution < -0.4 is 5.76 Å². The van der Waals surface area contributed by atoms with E-state index in [-0.39, 0.29) is 16.5 Å². The van der Waals surface area contributed by atoms with E-state index in [0.29, 0.717) is 44.7 Å². The van der Waals surface area contributed by atoms with Crippen LogP contribution >= 0.6 is 0 Å². The van der Waals surface area contributed by atoms with E-state index < -0.39 is 15.8 Å². The number of likely N-dealkylation sites (N-methyl/N-ethyl adjacent to an activating group) is 1. The molecule has 0 radical (unpaired) electrons. The van der Waals surface area contributed by atoms with Crippen LogP contribution in [0.2, 0.25) is 0 Å². The summed E-state index contributed by atoms with van der Waals surface area (Å²) < 4.78 is 40.1. The molecule has 0 N–H and O–H groups in total. The summed E-state index contributed by atoms with van der Waals surface area (Å²) in [6.07, 6.45) is 1.35. The zero-order valence-electron chi connectivity index (χ0n) is 15.3. The quantitative estimate of drug-likeness (QED) is 0.736. The monoisotopic (exact) mass is 383 g/mol. The summed E-state index contributed by atoms with van der Waals surface area (Å²) in [7, 11) is 1.71. The minimum absolute atomic E-state index is 0.0906. The second-order valence-corrected chi connectivity index (χ2v) is 8.71. The first-order valence-corrected chi connectivity index (χ1v) is 10.1. The lowest BCUT2D eigenvalue weighted by atomic mass is 10.1. The predicted molar refractivity (Wildman–Crippen MR) is 97.7 cm³/mol. The molecular weight excluding hydrogens is 358 g/mol. The van der Waals surface area contributed by atoms with Gasteiger partial charge >= 0.3 is 5.76 Å². The molecule has 0 atom stereocenters. The van der Waals surface area contributed by atoms with Gasteiger partial charge < -0.3 is 14.1 Å². The van der Waals surface area contributed by atoms with Crippen LogP contribution in [0.15, 0.2) is 32.3 Å². The largest absolute Gasteiger partial charge is 0.419 e. The third-order valence-electron chi connectivity index (χ3n) is 4.74. The second kappa shape index (κ2) is 7.51. The van der Waals surface area contributed by atoms with Crippen molar-refractivity contribution >= 4 is 21.1 Å². The Morgan fingerprint density at radius 2 is 1.88 bits per heavy atom. The Kier molecular flexibility index (Phi) is 5.52. The van der Waals surface area contributed by atoms with Crippen molar-refractivity contribution in [3.8, 4) is 0 Å². The second-order valence-electron chi connectivity index (χ2n) is 6.82. The minimum Gasteiger partial charge on any atom is -0.408 e. The fourth-order valence-corrected chi connectivity index (χ4v) is 4.87. The highest BCUT2D eigenvalue weighted by Gasteiger charge is 2.33. The van der Waals surface area contributed by atoms with Gasteiger partial charge in [0.2, 0.25) is 10.0 Å². The molecule has 1 aromatic heterocycles. The van der Waals surface area contributed by atoms with Crippen molar-refractivity contribution in [2.45, 2.75) is 23.8 Å². The highest BCUT2D eigenvalue weighted by Crippen LogP contribution is 2.26. The molecule has 0 aliphatic carbocycles. The van der Waals surface area contributed by atoms with E-state index in [4.69, 9.17) is 9.15 Å². The Labute approximate surface area is 153 Å². The molecule has 0 spiro atoms. The summed E-state index contributed by atoms with van der Waals surface area (Å²) in [5, 5.41) is 0. The molecule has 8 nitrogen and oxygen atoms in total. The van der Waals surface area contributed by atoms with Gasteiger partial charge in [-0.15, -0.1) is 0 Å². The van der Waals surface area contributed by atoms with Crippen molar-refractivity contribution in [2.24, 2.45) is 7.05 Å². The van der Waals surface area contributed by atoms with Gasteiger partial charge in [0.1, 0.15) is 0 Å². The predicted octanol–water partition coefficient (Wildman–Crippen LogP) is 0.863. The van der Waals surface area contributed by atoms with Crippen LogP contribution in [0.4, 0.5) is 0 Å². The molecule has 26 heavy (non-hydrogen) atoms. The van der Waals surface area contributed by atoms with E-state index in [1.807, 2.05) is 19.0 Å². The number of nitrogens with zero attached hydrogens (tertiary/aromatic N) is 3. The fraction of sp³-hybridized carbons (Fsp3) is 0.588. The first-order valence-electron chi connectivity index (χ1n) is 8.64. The number of rotatable bonds is 6. The van der Waals surface area contributed by atoms with Crippen LogP contribution in [-0.2, 0) is 21.8 Å². The topological polar surface area (TPSA) is 85.0 Å². The van der Waals surface area contributed by atoms with Crippen LogP contribution in [0.1, 0.15) is 12.8 Å². The number of sulfonamides is 1. The van der Waals surface area contributed by atoms with Crippen molar-refractivity contribution in [3.05, 3.63) is 28.7 Å². The summed E-state index contributed by atoms with van der Waals surface area (Å²) in [4.78, 5) is 13.8. The van der Waals surface area contributed by atoms with Gasteiger partial charge in [-0.25, -0.2) is 13.2 Å². The van der Waals surface area contributed by atoms with Crippen molar-refractivity contribution < 1.29 is 17.6 Å². The lowest BCUT2D eigenvalue weighted by Crippen LogP contribution is -2.46. The molecule has 144 valence electrons. The molecule has 1 fully saturated rings. The van der Waals surface area contributed by atoms with Crippen LogP contribution in [0.5, 0.6) is 0 Å². The van der Waals surface area contributed by atoms with E-state index in [1.54, 1.807) is 17.4 Å². The maximum absolute atomic E-state index is 13.3. The van der Waals surface area contributed by atoms with E-state index in [1.165, 1.54) is 16.7 Å². The molecule has 1 aromatic carbocycles. The smallest absolute Gasteiger partial charge is 0.408 e. The molecule has 1 aliphatic rings.